The first-order chi connectivity index (χ1) is 9.81. The fraction of sp³-hybridized carbons (Fsp3) is 0.462. The van der Waals surface area contributed by atoms with Crippen LogP contribution in [0.1, 0.15) is 18.5 Å². The Kier molecular flexibility index (Phi) is 8.57. The summed E-state index contributed by atoms with van der Waals surface area (Å²) >= 11 is 0. The summed E-state index contributed by atoms with van der Waals surface area (Å²) in [4.78, 5) is 12.0. The zero-order valence-electron chi connectivity index (χ0n) is 12.7. The molecule has 1 aromatic rings. The van der Waals surface area contributed by atoms with Gasteiger partial charge in [-0.2, -0.15) is 0 Å². The molecule has 0 bridgehead atoms. The first-order valence-electron chi connectivity index (χ1n) is 6.40. The fourth-order valence-corrected chi connectivity index (χ4v) is 2.51. The Bertz CT molecular complexity index is 595. The fourth-order valence-electron chi connectivity index (χ4n) is 1.73. The summed E-state index contributed by atoms with van der Waals surface area (Å²) in [5, 5.41) is 2.72. The lowest BCUT2D eigenvalue weighted by Gasteiger charge is -2.18. The second-order valence-electron chi connectivity index (χ2n) is 4.57. The number of hydrogen-bond acceptors (Lipinski definition) is 5. The van der Waals surface area contributed by atoms with E-state index in [1.165, 1.54) is 26.3 Å². The molecule has 0 radical (unpaired) electrons. The minimum absolute atomic E-state index is 0. The molecule has 0 spiro atoms. The molecule has 7 nitrogen and oxygen atoms in total. The number of benzene rings is 1. The van der Waals surface area contributed by atoms with Gasteiger partial charge in [-0.25, -0.2) is 13.1 Å². The van der Waals surface area contributed by atoms with Crippen LogP contribution < -0.4 is 15.8 Å². The molecule has 4 N–H and O–H groups in total. The van der Waals surface area contributed by atoms with Crippen LogP contribution in [0.15, 0.2) is 29.2 Å². The Labute approximate surface area is 137 Å². The van der Waals surface area contributed by atoms with Crippen molar-refractivity contribution < 1.29 is 17.9 Å². The van der Waals surface area contributed by atoms with Crippen molar-refractivity contribution in [3.05, 3.63) is 29.8 Å². The molecular weight excluding hydrogens is 330 g/mol. The number of carbonyl (C=O) groups is 1. The Balaban J connectivity index is 0.00000441. The van der Waals surface area contributed by atoms with Crippen LogP contribution in [-0.4, -0.2) is 41.1 Å². The Hall–Kier alpha value is -1.19. The van der Waals surface area contributed by atoms with E-state index in [0.717, 1.165) is 0 Å². The van der Waals surface area contributed by atoms with Gasteiger partial charge < -0.3 is 15.8 Å². The number of sulfonamides is 1. The molecule has 0 saturated heterocycles. The topological polar surface area (TPSA) is 111 Å². The maximum absolute atomic E-state index is 11.8. The second-order valence-corrected chi connectivity index (χ2v) is 6.46. The van der Waals surface area contributed by atoms with Gasteiger partial charge in [0.05, 0.1) is 17.5 Å². The summed E-state index contributed by atoms with van der Waals surface area (Å²) in [5.41, 5.74) is 6.30. The van der Waals surface area contributed by atoms with E-state index in [1.807, 2.05) is 0 Å². The van der Waals surface area contributed by atoms with Crippen LogP contribution in [0, 0.1) is 0 Å². The van der Waals surface area contributed by atoms with E-state index in [1.54, 1.807) is 19.1 Å². The van der Waals surface area contributed by atoms with Gasteiger partial charge >= 0.3 is 0 Å². The van der Waals surface area contributed by atoms with Gasteiger partial charge in [-0.05, 0) is 31.7 Å². The smallest absolute Gasteiger partial charge is 0.240 e. The third kappa shape index (κ3) is 5.54. The molecule has 9 heteroatoms. The summed E-state index contributed by atoms with van der Waals surface area (Å²) < 4.78 is 30.6. The van der Waals surface area contributed by atoms with Crippen molar-refractivity contribution >= 4 is 28.3 Å². The zero-order valence-corrected chi connectivity index (χ0v) is 14.3. The van der Waals surface area contributed by atoms with E-state index >= 15 is 0 Å². The minimum atomic E-state index is -3.52. The first-order valence-corrected chi connectivity index (χ1v) is 7.88. The molecule has 0 aromatic heterocycles. The lowest BCUT2D eigenvalue weighted by Crippen LogP contribution is -2.44. The molecule has 22 heavy (non-hydrogen) atoms. The maximum atomic E-state index is 11.8. The van der Waals surface area contributed by atoms with Gasteiger partial charge in [-0.15, -0.1) is 12.4 Å². The molecule has 0 aliphatic carbocycles. The predicted molar refractivity (Wildman–Crippen MR) is 86.3 cm³/mol. The molecule has 126 valence electrons. The third-order valence-electron chi connectivity index (χ3n) is 2.98. The molecule has 1 rings (SSSR count). The van der Waals surface area contributed by atoms with Gasteiger partial charge in [-0.3, -0.25) is 4.79 Å². The highest BCUT2D eigenvalue weighted by Gasteiger charge is 2.18. The second kappa shape index (κ2) is 9.06. The summed E-state index contributed by atoms with van der Waals surface area (Å²) in [6.45, 7) is 1.87. The quantitative estimate of drug-likeness (QED) is 0.648. The number of hydrogen-bond donors (Lipinski definition) is 3. The summed E-state index contributed by atoms with van der Waals surface area (Å²) in [5.74, 6) is -0.355. The van der Waals surface area contributed by atoms with Crippen LogP contribution in [0.25, 0.3) is 0 Å². The van der Waals surface area contributed by atoms with Crippen molar-refractivity contribution in [3.63, 3.8) is 0 Å². The van der Waals surface area contributed by atoms with Crippen molar-refractivity contribution in [3.8, 4) is 0 Å². The van der Waals surface area contributed by atoms with E-state index in [0.29, 0.717) is 5.56 Å². The molecule has 1 aromatic carbocycles. The lowest BCUT2D eigenvalue weighted by molar-refractivity contribution is -0.124. The van der Waals surface area contributed by atoms with Gasteiger partial charge in [0.2, 0.25) is 15.9 Å². The van der Waals surface area contributed by atoms with Gasteiger partial charge in [0.25, 0.3) is 0 Å². The summed E-state index contributed by atoms with van der Waals surface area (Å²) in [7, 11) is -0.710. The maximum Gasteiger partial charge on any atom is 0.240 e. The monoisotopic (exact) mass is 351 g/mol. The largest absolute Gasteiger partial charge is 0.383 e. The van der Waals surface area contributed by atoms with Crippen LogP contribution in [-0.2, 0) is 19.6 Å². The summed E-state index contributed by atoms with van der Waals surface area (Å²) in [6.07, 6.45) is 0. The number of amides is 1. The standard InChI is InChI=1S/C13H21N3O4S.ClH/c1-9(16-13(17)12(14)8-20-3)10-5-4-6-11(7-10)21(18,19)15-2;/h4-7,9,12,15H,8,14H2,1-3H3,(H,16,17);1H. The Morgan fingerprint density at radius 1 is 1.41 bits per heavy atom. The van der Waals surface area contributed by atoms with E-state index < -0.39 is 16.1 Å². The number of nitrogens with two attached hydrogens (primary N) is 1. The summed E-state index contributed by atoms with van der Waals surface area (Å²) in [6, 6.07) is 5.23. The number of nitrogens with one attached hydrogen (secondary N) is 2. The average molecular weight is 352 g/mol. The molecule has 0 heterocycles. The first kappa shape index (κ1) is 20.8. The van der Waals surface area contributed by atoms with Crippen LogP contribution in [0.3, 0.4) is 0 Å². The molecule has 2 unspecified atom stereocenters. The van der Waals surface area contributed by atoms with E-state index in [2.05, 4.69) is 10.0 Å². The van der Waals surface area contributed by atoms with E-state index in [4.69, 9.17) is 10.5 Å². The van der Waals surface area contributed by atoms with E-state index in [-0.39, 0.29) is 35.9 Å². The highest BCUT2D eigenvalue weighted by Crippen LogP contribution is 2.17. The zero-order chi connectivity index (χ0) is 16.0. The highest BCUT2D eigenvalue weighted by molar-refractivity contribution is 7.89. The molecule has 0 saturated carbocycles. The van der Waals surface area contributed by atoms with Crippen molar-refractivity contribution in [2.45, 2.75) is 23.9 Å². The average Bonchev–Trinajstić information content (AvgIpc) is 2.47. The molecule has 0 fully saturated rings. The Morgan fingerprint density at radius 2 is 2.05 bits per heavy atom. The number of methoxy groups -OCH3 is 1. The number of ether oxygens (including phenoxy) is 1. The third-order valence-corrected chi connectivity index (χ3v) is 4.39. The van der Waals surface area contributed by atoms with Crippen molar-refractivity contribution in [2.24, 2.45) is 5.73 Å². The van der Waals surface area contributed by atoms with Crippen LogP contribution >= 0.6 is 12.4 Å². The van der Waals surface area contributed by atoms with Gasteiger partial charge in [0, 0.05) is 7.11 Å². The minimum Gasteiger partial charge on any atom is -0.383 e. The van der Waals surface area contributed by atoms with Crippen molar-refractivity contribution in [1.29, 1.82) is 0 Å². The van der Waals surface area contributed by atoms with E-state index in [9.17, 15) is 13.2 Å². The molecule has 2 atom stereocenters. The molecular formula is C13H22ClN3O4S. The van der Waals surface area contributed by atoms with Crippen molar-refractivity contribution in [2.75, 3.05) is 20.8 Å². The van der Waals surface area contributed by atoms with Crippen LogP contribution in [0.2, 0.25) is 0 Å². The van der Waals surface area contributed by atoms with Gasteiger partial charge in [0.15, 0.2) is 0 Å². The number of rotatable bonds is 7. The Morgan fingerprint density at radius 3 is 2.59 bits per heavy atom. The molecule has 0 aliphatic heterocycles. The number of carbonyl (C=O) groups excluding carboxylic acids is 1. The van der Waals surface area contributed by atoms with Crippen LogP contribution in [0.4, 0.5) is 0 Å². The highest BCUT2D eigenvalue weighted by atomic mass is 35.5. The number of halogens is 1. The predicted octanol–water partition coefficient (Wildman–Crippen LogP) is 0.167. The van der Waals surface area contributed by atoms with Crippen LogP contribution in [0.5, 0.6) is 0 Å². The van der Waals surface area contributed by atoms with Gasteiger partial charge in [-0.1, -0.05) is 12.1 Å². The van der Waals surface area contributed by atoms with Gasteiger partial charge in [0.1, 0.15) is 6.04 Å². The molecule has 1 amide bonds. The SMILES string of the molecule is CNS(=O)(=O)c1cccc(C(C)NC(=O)C(N)COC)c1.Cl. The van der Waals surface area contributed by atoms with Crippen molar-refractivity contribution in [1.82, 2.24) is 10.0 Å². The lowest BCUT2D eigenvalue weighted by atomic mass is 10.1. The molecule has 0 aliphatic rings. The normalized spacial score (nSPS) is 13.8.